The SMILES string of the molecule is CCOc1ccc2oc(C)c(C(=O)N[C@@H](C)c3n[nH]c(C)n3)c2c1. The average Bonchev–Trinajstić information content (AvgIpc) is 3.10. The van der Waals surface area contributed by atoms with Crippen LogP contribution in [0.2, 0.25) is 0 Å². The lowest BCUT2D eigenvalue weighted by atomic mass is 10.1. The Bertz CT molecular complexity index is 881. The summed E-state index contributed by atoms with van der Waals surface area (Å²) in [6.07, 6.45) is 0. The molecule has 7 heteroatoms. The Morgan fingerprint density at radius 1 is 1.42 bits per heavy atom. The number of carbonyl (C=O) groups excluding carboxylic acids is 1. The van der Waals surface area contributed by atoms with E-state index in [4.69, 9.17) is 9.15 Å². The highest BCUT2D eigenvalue weighted by molar-refractivity contribution is 6.07. The summed E-state index contributed by atoms with van der Waals surface area (Å²) in [7, 11) is 0. The van der Waals surface area contributed by atoms with Crippen molar-refractivity contribution in [3.05, 3.63) is 41.2 Å². The second-order valence-corrected chi connectivity index (χ2v) is 5.60. The number of nitrogens with one attached hydrogen (secondary N) is 2. The summed E-state index contributed by atoms with van der Waals surface area (Å²) in [6.45, 7) is 7.90. The summed E-state index contributed by atoms with van der Waals surface area (Å²) in [6, 6.07) is 5.15. The van der Waals surface area contributed by atoms with Gasteiger partial charge in [0.15, 0.2) is 5.82 Å². The molecule has 126 valence electrons. The number of ether oxygens (including phenoxy) is 1. The maximum atomic E-state index is 12.7. The average molecular weight is 328 g/mol. The van der Waals surface area contributed by atoms with Crippen LogP contribution in [0.15, 0.2) is 22.6 Å². The Kier molecular flexibility index (Phi) is 4.24. The van der Waals surface area contributed by atoms with Crippen LogP contribution in [0.25, 0.3) is 11.0 Å². The van der Waals surface area contributed by atoms with Crippen LogP contribution in [0, 0.1) is 13.8 Å². The Labute approximate surface area is 139 Å². The third kappa shape index (κ3) is 2.97. The zero-order valence-corrected chi connectivity index (χ0v) is 14.1. The van der Waals surface area contributed by atoms with E-state index in [2.05, 4.69) is 20.5 Å². The highest BCUT2D eigenvalue weighted by Gasteiger charge is 2.22. The van der Waals surface area contributed by atoms with E-state index in [1.54, 1.807) is 6.92 Å². The van der Waals surface area contributed by atoms with Crippen molar-refractivity contribution in [2.24, 2.45) is 0 Å². The van der Waals surface area contributed by atoms with Crippen LogP contribution in [-0.2, 0) is 0 Å². The molecule has 0 saturated heterocycles. The highest BCUT2D eigenvalue weighted by atomic mass is 16.5. The maximum Gasteiger partial charge on any atom is 0.256 e. The molecule has 24 heavy (non-hydrogen) atoms. The molecule has 0 saturated carbocycles. The van der Waals surface area contributed by atoms with E-state index in [0.717, 1.165) is 5.39 Å². The van der Waals surface area contributed by atoms with Gasteiger partial charge in [-0.25, -0.2) is 4.98 Å². The molecular formula is C17H20N4O3. The zero-order valence-electron chi connectivity index (χ0n) is 14.1. The monoisotopic (exact) mass is 328 g/mol. The standard InChI is InChI=1S/C17H20N4O3/c1-5-23-12-6-7-14-13(8-12)15(10(3)24-14)17(22)18-9(2)16-19-11(4)20-21-16/h6-9H,5H2,1-4H3,(H,18,22)(H,19,20,21)/t9-/m0/s1. The van der Waals surface area contributed by atoms with Gasteiger partial charge < -0.3 is 14.5 Å². The topological polar surface area (TPSA) is 93.0 Å². The second kappa shape index (κ2) is 6.35. The largest absolute Gasteiger partial charge is 0.494 e. The van der Waals surface area contributed by atoms with E-state index in [1.807, 2.05) is 39.0 Å². The molecule has 3 rings (SSSR count). The minimum atomic E-state index is -0.318. The molecular weight excluding hydrogens is 308 g/mol. The summed E-state index contributed by atoms with van der Waals surface area (Å²) in [5.41, 5.74) is 1.16. The molecule has 0 aliphatic heterocycles. The minimum absolute atomic E-state index is 0.227. The fourth-order valence-electron chi connectivity index (χ4n) is 2.62. The Morgan fingerprint density at radius 3 is 2.88 bits per heavy atom. The van der Waals surface area contributed by atoms with E-state index in [9.17, 15) is 4.79 Å². The predicted octanol–water partition coefficient (Wildman–Crippen LogP) is 3.06. The number of hydrogen-bond donors (Lipinski definition) is 2. The van der Waals surface area contributed by atoms with Crippen LogP contribution in [0.3, 0.4) is 0 Å². The fourth-order valence-corrected chi connectivity index (χ4v) is 2.62. The molecule has 0 spiro atoms. The quantitative estimate of drug-likeness (QED) is 0.751. The second-order valence-electron chi connectivity index (χ2n) is 5.60. The maximum absolute atomic E-state index is 12.7. The van der Waals surface area contributed by atoms with Crippen LogP contribution < -0.4 is 10.1 Å². The van der Waals surface area contributed by atoms with E-state index >= 15 is 0 Å². The normalized spacial score (nSPS) is 12.3. The van der Waals surface area contributed by atoms with Gasteiger partial charge >= 0.3 is 0 Å². The zero-order chi connectivity index (χ0) is 17.3. The Balaban J connectivity index is 1.91. The molecule has 0 fully saturated rings. The summed E-state index contributed by atoms with van der Waals surface area (Å²) < 4.78 is 11.2. The number of nitrogens with zero attached hydrogens (tertiary/aromatic N) is 2. The van der Waals surface area contributed by atoms with E-state index in [-0.39, 0.29) is 11.9 Å². The van der Waals surface area contributed by atoms with Gasteiger partial charge in [0.2, 0.25) is 0 Å². The number of rotatable bonds is 5. The van der Waals surface area contributed by atoms with Crippen LogP contribution in [-0.4, -0.2) is 27.7 Å². The van der Waals surface area contributed by atoms with Crippen molar-refractivity contribution in [3.63, 3.8) is 0 Å². The molecule has 2 N–H and O–H groups in total. The van der Waals surface area contributed by atoms with Crippen molar-refractivity contribution in [3.8, 4) is 5.75 Å². The van der Waals surface area contributed by atoms with Gasteiger partial charge in [-0.05, 0) is 45.9 Å². The third-order valence-electron chi connectivity index (χ3n) is 3.72. The number of aromatic amines is 1. The van der Waals surface area contributed by atoms with Crippen molar-refractivity contribution < 1.29 is 13.9 Å². The van der Waals surface area contributed by atoms with Crippen LogP contribution in [0.1, 0.15) is 47.7 Å². The molecule has 0 aliphatic carbocycles. The first-order chi connectivity index (χ1) is 11.5. The van der Waals surface area contributed by atoms with Crippen molar-refractivity contribution in [2.45, 2.75) is 33.7 Å². The van der Waals surface area contributed by atoms with E-state index in [0.29, 0.717) is 40.9 Å². The Morgan fingerprint density at radius 2 is 2.21 bits per heavy atom. The first kappa shape index (κ1) is 16.0. The lowest BCUT2D eigenvalue weighted by Crippen LogP contribution is -2.27. The molecule has 3 aromatic rings. The van der Waals surface area contributed by atoms with Crippen molar-refractivity contribution in [1.82, 2.24) is 20.5 Å². The minimum Gasteiger partial charge on any atom is -0.494 e. The van der Waals surface area contributed by atoms with Gasteiger partial charge in [0.1, 0.15) is 22.9 Å². The van der Waals surface area contributed by atoms with Gasteiger partial charge in [0, 0.05) is 5.39 Å². The number of carbonyl (C=O) groups is 1. The molecule has 2 heterocycles. The smallest absolute Gasteiger partial charge is 0.256 e. The number of amides is 1. The number of fused-ring (bicyclic) bond motifs is 1. The number of hydrogen-bond acceptors (Lipinski definition) is 5. The van der Waals surface area contributed by atoms with Crippen molar-refractivity contribution in [1.29, 1.82) is 0 Å². The molecule has 7 nitrogen and oxygen atoms in total. The van der Waals surface area contributed by atoms with Gasteiger partial charge in [0.25, 0.3) is 5.91 Å². The van der Waals surface area contributed by atoms with Crippen molar-refractivity contribution >= 4 is 16.9 Å². The molecule has 1 amide bonds. The van der Waals surface area contributed by atoms with Gasteiger partial charge in [-0.1, -0.05) is 0 Å². The summed E-state index contributed by atoms with van der Waals surface area (Å²) in [5.74, 6) is 2.29. The number of aryl methyl sites for hydroxylation is 2. The molecule has 0 unspecified atom stereocenters. The van der Waals surface area contributed by atoms with E-state index < -0.39 is 0 Å². The summed E-state index contributed by atoms with van der Waals surface area (Å²) >= 11 is 0. The fraction of sp³-hybridized carbons (Fsp3) is 0.353. The Hall–Kier alpha value is -2.83. The lowest BCUT2D eigenvalue weighted by Gasteiger charge is -2.10. The first-order valence-electron chi connectivity index (χ1n) is 7.85. The number of furan rings is 1. The summed E-state index contributed by atoms with van der Waals surface area (Å²) in [5, 5.41) is 10.5. The van der Waals surface area contributed by atoms with E-state index in [1.165, 1.54) is 0 Å². The van der Waals surface area contributed by atoms with Crippen molar-refractivity contribution in [2.75, 3.05) is 6.61 Å². The van der Waals surface area contributed by atoms with Crippen LogP contribution in [0.4, 0.5) is 0 Å². The molecule has 1 atom stereocenters. The van der Waals surface area contributed by atoms with Gasteiger partial charge in [-0.15, -0.1) is 0 Å². The predicted molar refractivity (Wildman–Crippen MR) is 89.1 cm³/mol. The molecule has 0 radical (unpaired) electrons. The molecule has 0 bridgehead atoms. The first-order valence-corrected chi connectivity index (χ1v) is 7.85. The number of aromatic nitrogens is 3. The number of H-pyrrole nitrogens is 1. The van der Waals surface area contributed by atoms with Crippen LogP contribution >= 0.6 is 0 Å². The lowest BCUT2D eigenvalue weighted by molar-refractivity contribution is 0.0938. The molecule has 0 aliphatic rings. The molecule has 2 aromatic heterocycles. The van der Waals surface area contributed by atoms with Gasteiger partial charge in [-0.3, -0.25) is 9.89 Å². The number of benzene rings is 1. The van der Waals surface area contributed by atoms with Gasteiger partial charge in [-0.2, -0.15) is 5.10 Å². The highest BCUT2D eigenvalue weighted by Crippen LogP contribution is 2.29. The third-order valence-corrected chi connectivity index (χ3v) is 3.72. The van der Waals surface area contributed by atoms with Gasteiger partial charge in [0.05, 0.1) is 18.2 Å². The molecule has 1 aromatic carbocycles. The summed E-state index contributed by atoms with van der Waals surface area (Å²) in [4.78, 5) is 17.0. The van der Waals surface area contributed by atoms with Crippen LogP contribution in [0.5, 0.6) is 5.75 Å².